The van der Waals surface area contributed by atoms with E-state index in [4.69, 9.17) is 16.6 Å². The summed E-state index contributed by atoms with van der Waals surface area (Å²) in [6, 6.07) is 2.65. The number of carbonyl (C=O) groups is 2. The van der Waals surface area contributed by atoms with Gasteiger partial charge in [-0.05, 0) is 18.2 Å². The number of aromatic carboxylic acids is 1. The quantitative estimate of drug-likeness (QED) is 0.331. The minimum atomic E-state index is -4.03. The minimum absolute atomic E-state index is 0.0219. The lowest BCUT2D eigenvalue weighted by Crippen LogP contribution is -2.37. The molecule has 0 aliphatic carbocycles. The van der Waals surface area contributed by atoms with Crippen LogP contribution in [0.2, 0.25) is 0 Å². The number of carboxylic acids is 1. The Labute approximate surface area is 115 Å². The highest BCUT2D eigenvalue weighted by Crippen LogP contribution is 2.18. The molecule has 9 nitrogen and oxygen atoms in total. The monoisotopic (exact) mass is 302 g/mol. The molecule has 1 aromatic carbocycles. The van der Waals surface area contributed by atoms with Crippen molar-refractivity contribution in [1.29, 1.82) is 0 Å². The molecule has 10 heteroatoms. The Morgan fingerprint density at radius 3 is 2.45 bits per heavy atom. The first-order chi connectivity index (χ1) is 9.24. The summed E-state index contributed by atoms with van der Waals surface area (Å²) < 4.78 is 26.1. The first kappa shape index (κ1) is 15.7. The molecule has 0 saturated carbocycles. The summed E-state index contributed by atoms with van der Waals surface area (Å²) in [5, 5.41) is 11.2. The van der Waals surface area contributed by atoms with Crippen molar-refractivity contribution < 1.29 is 23.1 Å². The van der Waals surface area contributed by atoms with E-state index in [9.17, 15) is 18.0 Å². The second-order valence-corrected chi connectivity index (χ2v) is 5.48. The number of hydrogen-bond acceptors (Lipinski definition) is 5. The number of primary amides is 1. The van der Waals surface area contributed by atoms with Crippen molar-refractivity contribution in [3.63, 3.8) is 0 Å². The lowest BCUT2D eigenvalue weighted by atomic mass is 10.2. The largest absolute Gasteiger partial charge is 0.478 e. The van der Waals surface area contributed by atoms with Crippen LogP contribution in [0.5, 0.6) is 0 Å². The van der Waals surface area contributed by atoms with Gasteiger partial charge in [0.2, 0.25) is 10.0 Å². The Morgan fingerprint density at radius 2 is 1.90 bits per heavy atom. The molecular formula is C10H14N4O5S. The minimum Gasteiger partial charge on any atom is -0.478 e. The molecule has 0 aliphatic heterocycles. The van der Waals surface area contributed by atoms with E-state index in [2.05, 4.69) is 10.0 Å². The number of rotatable bonds is 6. The average molecular weight is 302 g/mol. The van der Waals surface area contributed by atoms with E-state index in [-0.39, 0.29) is 18.8 Å². The molecule has 0 heterocycles. The summed E-state index contributed by atoms with van der Waals surface area (Å²) in [4.78, 5) is 21.0. The second-order valence-electron chi connectivity index (χ2n) is 3.75. The highest BCUT2D eigenvalue weighted by Gasteiger charge is 2.22. The van der Waals surface area contributed by atoms with Gasteiger partial charge < -0.3 is 21.9 Å². The molecule has 0 saturated heterocycles. The van der Waals surface area contributed by atoms with Gasteiger partial charge in [-0.25, -0.2) is 22.7 Å². The van der Waals surface area contributed by atoms with Crippen molar-refractivity contribution in [1.82, 2.24) is 10.0 Å². The van der Waals surface area contributed by atoms with Gasteiger partial charge in [-0.3, -0.25) is 0 Å². The Kier molecular flexibility index (Phi) is 4.88. The number of nitrogens with one attached hydrogen (secondary N) is 2. The van der Waals surface area contributed by atoms with E-state index < -0.39 is 32.5 Å². The summed E-state index contributed by atoms with van der Waals surface area (Å²) >= 11 is 0. The predicted octanol–water partition coefficient (Wildman–Crippen LogP) is -1.09. The maximum atomic E-state index is 12.0. The Hall–Kier alpha value is -2.33. The predicted molar refractivity (Wildman–Crippen MR) is 70.6 cm³/mol. The summed E-state index contributed by atoms with van der Waals surface area (Å²) in [7, 11) is -4.03. The van der Waals surface area contributed by atoms with Crippen molar-refractivity contribution in [2.24, 2.45) is 5.73 Å². The first-order valence-electron chi connectivity index (χ1n) is 5.40. The lowest BCUT2D eigenvalue weighted by molar-refractivity contribution is 0.0692. The van der Waals surface area contributed by atoms with Crippen molar-refractivity contribution in [3.8, 4) is 0 Å². The third-order valence-corrected chi connectivity index (χ3v) is 3.76. The van der Waals surface area contributed by atoms with Gasteiger partial charge in [0.25, 0.3) is 0 Å². The highest BCUT2D eigenvalue weighted by atomic mass is 32.2. The first-order valence-corrected chi connectivity index (χ1v) is 6.88. The number of benzene rings is 1. The van der Waals surface area contributed by atoms with Crippen LogP contribution in [-0.4, -0.2) is 38.6 Å². The fourth-order valence-corrected chi connectivity index (χ4v) is 2.61. The smallest absolute Gasteiger partial charge is 0.337 e. The van der Waals surface area contributed by atoms with Crippen LogP contribution < -0.4 is 21.5 Å². The SMILES string of the molecule is NC(=O)NCCNS(=O)(=O)c1ccc(N)cc1C(=O)O. The van der Waals surface area contributed by atoms with Gasteiger partial charge in [-0.2, -0.15) is 0 Å². The molecule has 0 bridgehead atoms. The molecule has 20 heavy (non-hydrogen) atoms. The zero-order chi connectivity index (χ0) is 15.3. The van der Waals surface area contributed by atoms with Crippen molar-refractivity contribution in [2.75, 3.05) is 18.8 Å². The van der Waals surface area contributed by atoms with E-state index >= 15 is 0 Å². The molecule has 0 fully saturated rings. The van der Waals surface area contributed by atoms with Crippen LogP contribution >= 0.6 is 0 Å². The van der Waals surface area contributed by atoms with Crippen LogP contribution in [0.15, 0.2) is 23.1 Å². The number of hydrogen-bond donors (Lipinski definition) is 5. The van der Waals surface area contributed by atoms with Crippen LogP contribution in [0.1, 0.15) is 10.4 Å². The topological polar surface area (TPSA) is 165 Å². The fraction of sp³-hybridized carbons (Fsp3) is 0.200. The van der Waals surface area contributed by atoms with Gasteiger partial charge in [0.15, 0.2) is 0 Å². The zero-order valence-electron chi connectivity index (χ0n) is 10.3. The van der Waals surface area contributed by atoms with Crippen LogP contribution in [0.4, 0.5) is 10.5 Å². The summed E-state index contributed by atoms with van der Waals surface area (Å²) in [6.45, 7) is -0.152. The average Bonchev–Trinajstić information content (AvgIpc) is 2.34. The van der Waals surface area contributed by atoms with Crippen LogP contribution in [-0.2, 0) is 10.0 Å². The maximum absolute atomic E-state index is 12.0. The van der Waals surface area contributed by atoms with Gasteiger partial charge in [-0.15, -0.1) is 0 Å². The van der Waals surface area contributed by atoms with E-state index in [1.165, 1.54) is 6.07 Å². The standard InChI is InChI=1S/C10H14N4O5S/c11-6-1-2-8(7(5-6)9(15)16)20(18,19)14-4-3-13-10(12)17/h1-2,5,14H,3-4,11H2,(H,15,16)(H3,12,13,17). The Bertz CT molecular complexity index is 629. The molecule has 0 radical (unpaired) electrons. The number of amides is 2. The molecule has 0 atom stereocenters. The van der Waals surface area contributed by atoms with Gasteiger partial charge in [0, 0.05) is 18.8 Å². The molecule has 0 aromatic heterocycles. The normalized spacial score (nSPS) is 11.0. The van der Waals surface area contributed by atoms with Gasteiger partial charge in [0.05, 0.1) is 10.5 Å². The second kappa shape index (κ2) is 6.21. The molecule has 110 valence electrons. The molecule has 0 aliphatic rings. The third kappa shape index (κ3) is 4.10. The van der Waals surface area contributed by atoms with Crippen LogP contribution in [0.3, 0.4) is 0 Å². The van der Waals surface area contributed by atoms with E-state index in [0.717, 1.165) is 12.1 Å². The summed E-state index contributed by atoms with van der Waals surface area (Å²) in [5.41, 5.74) is 9.94. The number of carboxylic acid groups (broad SMARTS) is 1. The molecule has 0 unspecified atom stereocenters. The van der Waals surface area contributed by atoms with E-state index in [0.29, 0.717) is 0 Å². The summed E-state index contributed by atoms with van der Waals surface area (Å²) in [5.74, 6) is -1.41. The number of urea groups is 1. The van der Waals surface area contributed by atoms with Gasteiger partial charge in [-0.1, -0.05) is 0 Å². The number of carbonyl (C=O) groups excluding carboxylic acids is 1. The zero-order valence-corrected chi connectivity index (χ0v) is 11.1. The molecule has 0 spiro atoms. The van der Waals surface area contributed by atoms with Crippen LogP contribution in [0.25, 0.3) is 0 Å². The number of nitrogen functional groups attached to an aromatic ring is 1. The Morgan fingerprint density at radius 1 is 1.25 bits per heavy atom. The molecule has 7 N–H and O–H groups in total. The maximum Gasteiger partial charge on any atom is 0.337 e. The van der Waals surface area contributed by atoms with E-state index in [1.54, 1.807) is 0 Å². The van der Waals surface area contributed by atoms with E-state index in [1.807, 2.05) is 0 Å². The lowest BCUT2D eigenvalue weighted by Gasteiger charge is -2.10. The van der Waals surface area contributed by atoms with Crippen molar-refractivity contribution >= 4 is 27.7 Å². The molecular weight excluding hydrogens is 288 g/mol. The van der Waals surface area contributed by atoms with Crippen molar-refractivity contribution in [3.05, 3.63) is 23.8 Å². The van der Waals surface area contributed by atoms with Crippen molar-refractivity contribution in [2.45, 2.75) is 4.90 Å². The third-order valence-electron chi connectivity index (χ3n) is 2.24. The summed E-state index contributed by atoms with van der Waals surface area (Å²) in [6.07, 6.45) is 0. The fourth-order valence-electron chi connectivity index (χ4n) is 1.40. The Balaban J connectivity index is 2.92. The van der Waals surface area contributed by atoms with Gasteiger partial charge >= 0.3 is 12.0 Å². The molecule has 1 aromatic rings. The molecule has 1 rings (SSSR count). The molecule has 2 amide bonds. The van der Waals surface area contributed by atoms with Crippen LogP contribution in [0, 0.1) is 0 Å². The number of anilines is 1. The highest BCUT2D eigenvalue weighted by molar-refractivity contribution is 7.89. The van der Waals surface area contributed by atoms with Gasteiger partial charge in [0.1, 0.15) is 0 Å². The number of nitrogens with two attached hydrogens (primary N) is 2. The number of sulfonamides is 1.